The Balaban J connectivity index is 1.81. The number of nitrogens with zero attached hydrogens (tertiary/aromatic N) is 2. The maximum Gasteiger partial charge on any atom is 0.204 e. The molecule has 6 heteroatoms. The Morgan fingerprint density at radius 1 is 1.25 bits per heavy atom. The highest BCUT2D eigenvalue weighted by Crippen LogP contribution is 2.29. The fourth-order valence-corrected chi connectivity index (χ4v) is 3.15. The number of methoxy groups -OCH3 is 1. The third kappa shape index (κ3) is 3.79. The van der Waals surface area contributed by atoms with E-state index in [-0.39, 0.29) is 5.78 Å². The van der Waals surface area contributed by atoms with Crippen LogP contribution in [0.4, 0.5) is 0 Å². The van der Waals surface area contributed by atoms with E-state index in [0.29, 0.717) is 29.2 Å². The molecule has 3 aromatic rings. The molecule has 0 unspecified atom stereocenters. The lowest BCUT2D eigenvalue weighted by atomic mass is 10.1. The summed E-state index contributed by atoms with van der Waals surface area (Å²) in [5, 5.41) is 9.01. The van der Waals surface area contributed by atoms with Crippen LogP contribution in [0.3, 0.4) is 0 Å². The first-order chi connectivity index (χ1) is 13.4. The van der Waals surface area contributed by atoms with Crippen molar-refractivity contribution >= 4 is 5.78 Å². The summed E-state index contributed by atoms with van der Waals surface area (Å²) < 4.78 is 18.6. The number of nitriles is 1. The molecule has 1 atom stereocenters. The van der Waals surface area contributed by atoms with Gasteiger partial charge in [0, 0.05) is 23.0 Å². The van der Waals surface area contributed by atoms with Crippen molar-refractivity contribution in [2.24, 2.45) is 0 Å². The maximum absolute atomic E-state index is 13.0. The van der Waals surface area contributed by atoms with Gasteiger partial charge in [-0.3, -0.25) is 4.79 Å². The Morgan fingerprint density at radius 2 is 2.04 bits per heavy atom. The van der Waals surface area contributed by atoms with Crippen molar-refractivity contribution in [3.05, 3.63) is 70.9 Å². The molecule has 0 aliphatic carbocycles. The quantitative estimate of drug-likeness (QED) is 0.574. The molecule has 144 valence electrons. The molecule has 6 nitrogen and oxygen atoms in total. The Bertz CT molecular complexity index is 1030. The molecule has 0 spiro atoms. The average Bonchev–Trinajstić information content (AvgIpc) is 3.31. The summed E-state index contributed by atoms with van der Waals surface area (Å²) in [4.78, 5) is 13.0. The summed E-state index contributed by atoms with van der Waals surface area (Å²) in [7, 11) is 1.50. The fraction of sp³-hybridized carbons (Fsp3) is 0.273. The van der Waals surface area contributed by atoms with E-state index in [2.05, 4.69) is 6.07 Å². The van der Waals surface area contributed by atoms with E-state index in [1.165, 1.54) is 7.11 Å². The van der Waals surface area contributed by atoms with Crippen molar-refractivity contribution in [2.75, 3.05) is 7.11 Å². The molecule has 2 aromatic heterocycles. The average molecular weight is 378 g/mol. The smallest absolute Gasteiger partial charge is 0.204 e. The van der Waals surface area contributed by atoms with E-state index in [0.717, 1.165) is 17.1 Å². The number of ketones is 1. The number of aromatic nitrogens is 1. The minimum atomic E-state index is -0.709. The number of ether oxygens (including phenoxy) is 2. The van der Waals surface area contributed by atoms with Crippen LogP contribution in [-0.4, -0.2) is 23.6 Å². The maximum atomic E-state index is 13.0. The number of hydrogen-bond acceptors (Lipinski definition) is 5. The van der Waals surface area contributed by atoms with E-state index in [1.807, 2.05) is 36.6 Å². The van der Waals surface area contributed by atoms with Crippen LogP contribution < -0.4 is 9.47 Å². The predicted octanol–water partition coefficient (Wildman–Crippen LogP) is 4.28. The molecule has 0 bridgehead atoms. The SMILES string of the molecule is COc1cc(C#N)ccc1O[C@@H](C)C(=O)c1cc(C)n(Cc2ccco2)c1C. The summed E-state index contributed by atoms with van der Waals surface area (Å²) in [6.07, 6.45) is 0.926. The number of Topliss-reactive ketones (excluding diaryl/α,β-unsaturated/α-hetero) is 1. The fourth-order valence-electron chi connectivity index (χ4n) is 3.15. The minimum Gasteiger partial charge on any atom is -0.493 e. The molecule has 0 aliphatic rings. The number of aryl methyl sites for hydroxylation is 1. The van der Waals surface area contributed by atoms with Gasteiger partial charge in [-0.15, -0.1) is 0 Å². The highest BCUT2D eigenvalue weighted by Gasteiger charge is 2.23. The number of furan rings is 1. The Kier molecular flexibility index (Phi) is 5.55. The van der Waals surface area contributed by atoms with E-state index < -0.39 is 6.10 Å². The number of carbonyl (C=O) groups excluding carboxylic acids is 1. The molecule has 0 radical (unpaired) electrons. The van der Waals surface area contributed by atoms with Gasteiger partial charge in [0.05, 0.1) is 31.6 Å². The standard InChI is InChI=1S/C22H22N2O4/c1-14-10-19(15(2)24(14)13-18-6-5-9-27-18)22(25)16(3)28-20-8-7-17(12-23)11-21(20)26-4/h5-11,16H,13H2,1-4H3/t16-/m0/s1. The van der Waals surface area contributed by atoms with Gasteiger partial charge in [0.15, 0.2) is 17.6 Å². The molecular formula is C22H22N2O4. The van der Waals surface area contributed by atoms with Gasteiger partial charge in [0.1, 0.15) is 5.76 Å². The predicted molar refractivity (Wildman–Crippen MR) is 104 cm³/mol. The summed E-state index contributed by atoms with van der Waals surface area (Å²) in [6, 6.07) is 12.5. The molecular weight excluding hydrogens is 356 g/mol. The van der Waals surface area contributed by atoms with Gasteiger partial charge in [-0.1, -0.05) is 0 Å². The molecule has 0 saturated carbocycles. The Hall–Kier alpha value is -3.46. The zero-order valence-corrected chi connectivity index (χ0v) is 16.4. The molecule has 0 aliphatic heterocycles. The second kappa shape index (κ2) is 8.05. The van der Waals surface area contributed by atoms with Gasteiger partial charge in [-0.2, -0.15) is 5.26 Å². The number of hydrogen-bond donors (Lipinski definition) is 0. The van der Waals surface area contributed by atoms with Gasteiger partial charge < -0.3 is 18.5 Å². The van der Waals surface area contributed by atoms with Crippen molar-refractivity contribution in [1.29, 1.82) is 5.26 Å². The van der Waals surface area contributed by atoms with Crippen molar-refractivity contribution in [3.8, 4) is 17.6 Å². The number of carbonyl (C=O) groups is 1. The Labute approximate surface area is 163 Å². The highest BCUT2D eigenvalue weighted by molar-refractivity contribution is 6.00. The topological polar surface area (TPSA) is 77.4 Å². The van der Waals surface area contributed by atoms with E-state index in [1.54, 1.807) is 31.4 Å². The number of rotatable bonds is 7. The van der Waals surface area contributed by atoms with Crippen LogP contribution in [0.1, 0.15) is 40.0 Å². The van der Waals surface area contributed by atoms with Crippen LogP contribution in [0.15, 0.2) is 47.1 Å². The van der Waals surface area contributed by atoms with Crippen molar-refractivity contribution in [1.82, 2.24) is 4.57 Å². The minimum absolute atomic E-state index is 0.120. The van der Waals surface area contributed by atoms with Gasteiger partial charge in [-0.25, -0.2) is 0 Å². The molecule has 0 fully saturated rings. The molecule has 28 heavy (non-hydrogen) atoms. The molecule has 0 N–H and O–H groups in total. The molecule has 3 rings (SSSR count). The van der Waals surface area contributed by atoms with Crippen LogP contribution in [0.2, 0.25) is 0 Å². The second-order valence-corrected chi connectivity index (χ2v) is 6.55. The Morgan fingerprint density at radius 3 is 2.68 bits per heavy atom. The van der Waals surface area contributed by atoms with Crippen LogP contribution >= 0.6 is 0 Å². The first-order valence-corrected chi connectivity index (χ1v) is 8.92. The first kappa shape index (κ1) is 19.3. The van der Waals surface area contributed by atoms with E-state index >= 15 is 0 Å². The molecule has 0 saturated heterocycles. The van der Waals surface area contributed by atoms with Crippen LogP contribution in [0.25, 0.3) is 0 Å². The van der Waals surface area contributed by atoms with Crippen molar-refractivity contribution < 1.29 is 18.7 Å². The lowest BCUT2D eigenvalue weighted by Crippen LogP contribution is -2.24. The lowest BCUT2D eigenvalue weighted by molar-refractivity contribution is 0.0813. The molecule has 1 aromatic carbocycles. The van der Waals surface area contributed by atoms with Crippen LogP contribution in [-0.2, 0) is 6.54 Å². The summed E-state index contributed by atoms with van der Waals surface area (Å²) >= 11 is 0. The third-order valence-corrected chi connectivity index (χ3v) is 4.70. The zero-order chi connectivity index (χ0) is 20.3. The highest BCUT2D eigenvalue weighted by atomic mass is 16.5. The summed E-state index contributed by atoms with van der Waals surface area (Å²) in [5.74, 6) is 1.55. The normalized spacial score (nSPS) is 11.7. The van der Waals surface area contributed by atoms with Gasteiger partial charge in [0.2, 0.25) is 5.78 Å². The van der Waals surface area contributed by atoms with Crippen LogP contribution in [0.5, 0.6) is 11.5 Å². The van der Waals surface area contributed by atoms with E-state index in [4.69, 9.17) is 19.2 Å². The van der Waals surface area contributed by atoms with E-state index in [9.17, 15) is 4.79 Å². The summed E-state index contributed by atoms with van der Waals surface area (Å²) in [6.45, 7) is 6.15. The molecule has 0 amide bonds. The molecule has 2 heterocycles. The van der Waals surface area contributed by atoms with Gasteiger partial charge in [0.25, 0.3) is 0 Å². The largest absolute Gasteiger partial charge is 0.493 e. The monoisotopic (exact) mass is 378 g/mol. The first-order valence-electron chi connectivity index (χ1n) is 8.92. The van der Waals surface area contributed by atoms with Crippen molar-refractivity contribution in [3.63, 3.8) is 0 Å². The van der Waals surface area contributed by atoms with Gasteiger partial charge >= 0.3 is 0 Å². The van der Waals surface area contributed by atoms with Gasteiger partial charge in [-0.05, 0) is 51.1 Å². The van der Waals surface area contributed by atoms with Crippen molar-refractivity contribution in [2.45, 2.75) is 33.4 Å². The van der Waals surface area contributed by atoms with Crippen LogP contribution in [0, 0.1) is 25.2 Å². The lowest BCUT2D eigenvalue weighted by Gasteiger charge is -2.16. The summed E-state index contributed by atoms with van der Waals surface area (Å²) in [5.41, 5.74) is 2.91. The second-order valence-electron chi connectivity index (χ2n) is 6.55. The number of benzene rings is 1. The third-order valence-electron chi connectivity index (χ3n) is 4.70. The zero-order valence-electron chi connectivity index (χ0n) is 16.4.